The molecule has 4 N–H and O–H groups in total. The summed E-state index contributed by atoms with van der Waals surface area (Å²) in [6.45, 7) is 12.0. The van der Waals surface area contributed by atoms with E-state index in [4.69, 9.17) is 9.84 Å². The Labute approximate surface area is 316 Å². The Kier molecular flexibility index (Phi) is 13.2. The zero-order chi connectivity index (χ0) is 38.1. The van der Waals surface area contributed by atoms with Crippen LogP contribution in [0.3, 0.4) is 0 Å². The number of nitrogens with zero attached hydrogens (tertiary/aromatic N) is 5. The number of aliphatic carboxylic acids is 1. The van der Waals surface area contributed by atoms with Crippen molar-refractivity contribution < 1.29 is 29.3 Å². The second kappa shape index (κ2) is 17.6. The number of rotatable bonds is 17. The Bertz CT molecular complexity index is 1650. The van der Waals surface area contributed by atoms with Gasteiger partial charge in [0.25, 0.3) is 0 Å². The highest BCUT2D eigenvalue weighted by Gasteiger charge is 2.52. The average molecular weight is 748 g/mol. The Morgan fingerprint density at radius 3 is 2.42 bits per heavy atom. The van der Waals surface area contributed by atoms with Gasteiger partial charge in [0.05, 0.1) is 24.4 Å². The molecular formula is C39H53N7O6S. The molecule has 2 amide bonds. The molecule has 5 rings (SSSR count). The number of aliphatic hydroxyl groups excluding tert-OH is 1. The van der Waals surface area contributed by atoms with Crippen LogP contribution in [0.2, 0.25) is 0 Å². The van der Waals surface area contributed by atoms with E-state index in [9.17, 15) is 19.5 Å². The van der Waals surface area contributed by atoms with Crippen molar-refractivity contribution in [3.63, 3.8) is 0 Å². The summed E-state index contributed by atoms with van der Waals surface area (Å²) in [6, 6.07) is 7.89. The predicted octanol–water partition coefficient (Wildman–Crippen LogP) is 6.00. The van der Waals surface area contributed by atoms with Gasteiger partial charge in [-0.05, 0) is 89.9 Å². The molecule has 0 aliphatic carbocycles. The fraction of sp³-hybridized carbons (Fsp3) is 0.513. The number of nitrogens with one attached hydrogen (secondary N) is 2. The Hall–Kier alpha value is -4.40. The molecule has 13 nitrogen and oxygen atoms in total. The van der Waals surface area contributed by atoms with Crippen molar-refractivity contribution in [2.45, 2.75) is 99.9 Å². The van der Waals surface area contributed by atoms with E-state index in [0.29, 0.717) is 12.2 Å². The van der Waals surface area contributed by atoms with Gasteiger partial charge in [-0.15, -0.1) is 0 Å². The Morgan fingerprint density at radius 1 is 1.02 bits per heavy atom. The van der Waals surface area contributed by atoms with Crippen molar-refractivity contribution >= 4 is 41.2 Å². The first-order valence-electron chi connectivity index (χ1n) is 18.3. The average Bonchev–Trinajstić information content (AvgIpc) is 3.04. The molecule has 53 heavy (non-hydrogen) atoms. The number of anilines is 2. The number of alkyl carbamates (subject to hydrolysis) is 1. The molecule has 0 radical (unpaired) electrons. The molecule has 0 bridgehead atoms. The quantitative estimate of drug-likeness (QED) is 0.0850. The molecule has 14 heteroatoms. The highest BCUT2D eigenvalue weighted by molar-refractivity contribution is 7.99. The minimum absolute atomic E-state index is 0.0933. The minimum Gasteiger partial charge on any atom is -0.481 e. The van der Waals surface area contributed by atoms with Crippen LogP contribution in [0.4, 0.5) is 16.3 Å². The highest BCUT2D eigenvalue weighted by Crippen LogP contribution is 2.39. The van der Waals surface area contributed by atoms with Crippen molar-refractivity contribution in [1.82, 2.24) is 25.1 Å². The molecule has 286 valence electrons. The normalized spacial score (nSPS) is 18.1. The SMILES string of the molecule is CC1(NC(=O)OC(C)(C)C)C=CN(c2cnc(Sc3cccc(NC(O)CCCCCCCN4CC5(C4)CN(C(=O)/C=C/CC(=O)O)C5)c3)cn2)C=C1. The maximum atomic E-state index is 12.2. The van der Waals surface area contributed by atoms with Crippen LogP contribution in [-0.4, -0.2) is 98.0 Å². The molecule has 1 unspecified atom stereocenters. The van der Waals surface area contributed by atoms with E-state index in [1.807, 2.05) is 81.4 Å². The lowest BCUT2D eigenvalue weighted by Crippen LogP contribution is -2.72. The number of aromatic nitrogens is 2. The predicted molar refractivity (Wildman–Crippen MR) is 205 cm³/mol. The van der Waals surface area contributed by atoms with Crippen LogP contribution in [-0.2, 0) is 14.3 Å². The molecule has 2 saturated heterocycles. The molecule has 1 spiro atoms. The van der Waals surface area contributed by atoms with Crippen LogP contribution in [0.1, 0.15) is 72.6 Å². The first-order valence-corrected chi connectivity index (χ1v) is 19.1. The largest absolute Gasteiger partial charge is 0.481 e. The number of hydrogen-bond acceptors (Lipinski definition) is 11. The van der Waals surface area contributed by atoms with Crippen molar-refractivity contribution in [3.05, 3.63) is 73.4 Å². The summed E-state index contributed by atoms with van der Waals surface area (Å²) in [5.74, 6) is -0.382. The van der Waals surface area contributed by atoms with Gasteiger partial charge in [0.1, 0.15) is 16.9 Å². The van der Waals surface area contributed by atoms with Crippen LogP contribution < -0.4 is 15.5 Å². The molecule has 2 fully saturated rings. The van der Waals surface area contributed by atoms with Gasteiger partial charge >= 0.3 is 12.1 Å². The van der Waals surface area contributed by atoms with E-state index in [1.54, 1.807) is 17.3 Å². The number of amides is 2. The summed E-state index contributed by atoms with van der Waals surface area (Å²) in [5.41, 5.74) is -0.185. The molecule has 1 aromatic carbocycles. The number of aliphatic hydroxyl groups is 1. The number of hydrogen-bond donors (Lipinski definition) is 4. The van der Waals surface area contributed by atoms with E-state index < -0.39 is 29.4 Å². The van der Waals surface area contributed by atoms with Crippen molar-refractivity contribution in [2.75, 3.05) is 42.9 Å². The Morgan fingerprint density at radius 2 is 1.74 bits per heavy atom. The minimum atomic E-state index is -0.934. The number of carboxylic acids is 1. The summed E-state index contributed by atoms with van der Waals surface area (Å²) in [6.07, 6.45) is 18.5. The smallest absolute Gasteiger partial charge is 0.408 e. The monoisotopic (exact) mass is 747 g/mol. The van der Waals surface area contributed by atoms with Crippen LogP contribution in [0, 0.1) is 5.41 Å². The summed E-state index contributed by atoms with van der Waals surface area (Å²) >= 11 is 1.49. The first-order chi connectivity index (χ1) is 25.2. The summed E-state index contributed by atoms with van der Waals surface area (Å²) < 4.78 is 5.38. The van der Waals surface area contributed by atoms with Crippen LogP contribution in [0.25, 0.3) is 0 Å². The number of ether oxygens (including phenoxy) is 1. The number of benzene rings is 1. The third-order valence-electron chi connectivity index (χ3n) is 9.19. The molecule has 2 aromatic rings. The number of carboxylic acid groups (broad SMARTS) is 1. The van der Waals surface area contributed by atoms with Gasteiger partial charge in [-0.25, -0.2) is 14.8 Å². The fourth-order valence-corrected chi connectivity index (χ4v) is 7.40. The number of unbranched alkanes of at least 4 members (excludes halogenated alkanes) is 4. The van der Waals surface area contributed by atoms with Crippen LogP contribution in [0.15, 0.2) is 83.3 Å². The van der Waals surface area contributed by atoms with E-state index in [0.717, 1.165) is 80.4 Å². The van der Waals surface area contributed by atoms with Gasteiger partial charge in [-0.2, -0.15) is 0 Å². The van der Waals surface area contributed by atoms with Crippen molar-refractivity contribution in [1.29, 1.82) is 0 Å². The molecule has 3 aliphatic rings. The zero-order valence-corrected chi connectivity index (χ0v) is 32.0. The van der Waals surface area contributed by atoms with Crippen LogP contribution >= 0.6 is 11.8 Å². The van der Waals surface area contributed by atoms with Gasteiger partial charge in [-0.3, -0.25) is 9.59 Å². The second-order valence-corrected chi connectivity index (χ2v) is 16.5. The van der Waals surface area contributed by atoms with Gasteiger partial charge in [0.2, 0.25) is 5.91 Å². The first kappa shape index (κ1) is 39.8. The van der Waals surface area contributed by atoms with Crippen LogP contribution in [0.5, 0.6) is 0 Å². The fourth-order valence-electron chi connectivity index (χ4n) is 6.61. The zero-order valence-electron chi connectivity index (χ0n) is 31.2. The maximum Gasteiger partial charge on any atom is 0.408 e. The van der Waals surface area contributed by atoms with Crippen molar-refractivity contribution in [2.24, 2.45) is 5.41 Å². The summed E-state index contributed by atoms with van der Waals surface area (Å²) in [4.78, 5) is 51.2. The topological polar surface area (TPSA) is 160 Å². The number of likely N-dealkylation sites (tertiary alicyclic amines) is 2. The molecule has 1 atom stereocenters. The lowest BCUT2D eigenvalue weighted by Gasteiger charge is -2.60. The second-order valence-electron chi connectivity index (χ2n) is 15.4. The third-order valence-corrected chi connectivity index (χ3v) is 10.1. The van der Waals surface area contributed by atoms with E-state index in [2.05, 4.69) is 25.5 Å². The molecule has 1 aromatic heterocycles. The highest BCUT2D eigenvalue weighted by atomic mass is 32.2. The summed E-state index contributed by atoms with van der Waals surface area (Å²) in [7, 11) is 0. The lowest BCUT2D eigenvalue weighted by atomic mass is 9.72. The molecular weight excluding hydrogens is 695 g/mol. The number of carbonyl (C=O) groups is 3. The van der Waals surface area contributed by atoms with Crippen molar-refractivity contribution in [3.8, 4) is 0 Å². The standard InChI is InChI=1S/C39H53N7O6S/c1-37(2,3)52-36(51)43-38(4)17-20-45(21-18-38)31-23-41-33(24-40-31)53-30-13-10-12-29(22-30)42-32(47)14-8-6-5-7-9-19-44-25-39(26-44)27-46(28-39)34(48)15-11-16-35(49)50/h10-13,15,17-18,20-24,32,42,47H,5-9,14,16,19,25-28H2,1-4H3,(H,43,51)(H,49,50)/b15-11+. The van der Waals surface area contributed by atoms with Gasteiger partial charge < -0.3 is 40.3 Å². The Balaban J connectivity index is 0.929. The van der Waals surface area contributed by atoms with E-state index in [1.165, 1.54) is 23.9 Å². The maximum absolute atomic E-state index is 12.2. The molecule has 3 aliphatic heterocycles. The lowest BCUT2D eigenvalue weighted by molar-refractivity contribution is -0.153. The van der Waals surface area contributed by atoms with Gasteiger partial charge in [0.15, 0.2) is 5.82 Å². The number of carbonyl (C=O) groups excluding carboxylic acids is 2. The molecule has 4 heterocycles. The third kappa shape index (κ3) is 12.3. The summed E-state index contributed by atoms with van der Waals surface area (Å²) in [5, 5.41) is 26.2. The van der Waals surface area contributed by atoms with E-state index in [-0.39, 0.29) is 17.7 Å². The molecule has 0 saturated carbocycles. The van der Waals surface area contributed by atoms with Gasteiger partial charge in [-0.1, -0.05) is 43.2 Å². The van der Waals surface area contributed by atoms with E-state index >= 15 is 0 Å². The van der Waals surface area contributed by atoms with Gasteiger partial charge in [0, 0.05) is 54.6 Å².